The fourth-order valence-electron chi connectivity index (χ4n) is 2.18. The zero-order valence-electron chi connectivity index (χ0n) is 13.7. The fraction of sp³-hybridized carbons (Fsp3) is 0.400. The second kappa shape index (κ2) is 10.1. The van der Waals surface area contributed by atoms with Gasteiger partial charge in [0.25, 0.3) is 0 Å². The molecule has 120 valence electrons. The highest BCUT2D eigenvalue weighted by Gasteiger charge is 2.16. The Morgan fingerprint density at radius 2 is 1.95 bits per heavy atom. The summed E-state index contributed by atoms with van der Waals surface area (Å²) in [6, 6.07) is 10.2. The molecule has 2 heteroatoms. The van der Waals surface area contributed by atoms with Crippen molar-refractivity contribution in [2.24, 2.45) is 5.92 Å². The van der Waals surface area contributed by atoms with Gasteiger partial charge in [-0.3, -0.25) is 0 Å². The largest absolute Gasteiger partial charge is 0.389 e. The molecule has 0 heterocycles. The molecule has 0 bridgehead atoms. The number of ether oxygens (including phenoxy) is 1. The number of hydrogen-bond donors (Lipinski definition) is 1. The van der Waals surface area contributed by atoms with E-state index in [4.69, 9.17) is 4.74 Å². The predicted octanol–water partition coefficient (Wildman–Crippen LogP) is 4.67. The van der Waals surface area contributed by atoms with E-state index in [1.165, 1.54) is 5.56 Å². The van der Waals surface area contributed by atoms with Crippen molar-refractivity contribution >= 4 is 0 Å². The normalized spacial score (nSPS) is 15.4. The first kappa shape index (κ1) is 18.4. The Hall–Kier alpha value is -1.64. The topological polar surface area (TPSA) is 29.5 Å². The Morgan fingerprint density at radius 1 is 1.27 bits per heavy atom. The van der Waals surface area contributed by atoms with Crippen LogP contribution in [-0.4, -0.2) is 17.3 Å². The van der Waals surface area contributed by atoms with Crippen molar-refractivity contribution in [3.63, 3.8) is 0 Å². The average molecular weight is 300 g/mol. The van der Waals surface area contributed by atoms with E-state index in [-0.39, 0.29) is 12.0 Å². The van der Waals surface area contributed by atoms with Crippen molar-refractivity contribution in [1.29, 1.82) is 0 Å². The van der Waals surface area contributed by atoms with Crippen LogP contribution in [0.1, 0.15) is 32.3 Å². The maximum absolute atomic E-state index is 9.67. The zero-order valence-corrected chi connectivity index (χ0v) is 13.7. The van der Waals surface area contributed by atoms with Crippen molar-refractivity contribution in [3.05, 3.63) is 72.9 Å². The van der Waals surface area contributed by atoms with Gasteiger partial charge in [-0.05, 0) is 32.3 Å². The van der Waals surface area contributed by atoms with Gasteiger partial charge in [-0.1, -0.05) is 60.7 Å². The molecule has 1 rings (SSSR count). The van der Waals surface area contributed by atoms with E-state index in [1.54, 1.807) is 6.08 Å². The molecular weight excluding hydrogens is 272 g/mol. The summed E-state index contributed by atoms with van der Waals surface area (Å²) in [6.45, 7) is 12.2. The molecule has 0 radical (unpaired) electrons. The highest BCUT2D eigenvalue weighted by atomic mass is 16.5. The molecule has 0 unspecified atom stereocenters. The van der Waals surface area contributed by atoms with Crippen LogP contribution in [0.2, 0.25) is 0 Å². The summed E-state index contributed by atoms with van der Waals surface area (Å²) >= 11 is 0. The minimum atomic E-state index is -0.456. The van der Waals surface area contributed by atoms with Gasteiger partial charge in [-0.15, -0.1) is 6.58 Å². The first-order chi connectivity index (χ1) is 10.5. The molecule has 0 aromatic heterocycles. The minimum absolute atomic E-state index is 0.0767. The highest BCUT2D eigenvalue weighted by Crippen LogP contribution is 2.20. The van der Waals surface area contributed by atoms with E-state index in [0.29, 0.717) is 13.0 Å². The summed E-state index contributed by atoms with van der Waals surface area (Å²) in [6.07, 6.45) is 6.89. The fourth-order valence-corrected chi connectivity index (χ4v) is 2.18. The minimum Gasteiger partial charge on any atom is -0.389 e. The smallest absolute Gasteiger partial charge is 0.0720 e. The van der Waals surface area contributed by atoms with Crippen molar-refractivity contribution < 1.29 is 9.84 Å². The molecule has 1 aromatic rings. The molecule has 0 aliphatic heterocycles. The maximum Gasteiger partial charge on any atom is 0.0720 e. The molecule has 2 nitrogen and oxygen atoms in total. The molecule has 0 saturated heterocycles. The summed E-state index contributed by atoms with van der Waals surface area (Å²) in [5.74, 6) is 0.245. The first-order valence-corrected chi connectivity index (χ1v) is 7.82. The lowest BCUT2D eigenvalue weighted by atomic mass is 9.94. The molecule has 3 atom stereocenters. The zero-order chi connectivity index (χ0) is 16.4. The molecule has 0 fully saturated rings. The van der Waals surface area contributed by atoms with Crippen LogP contribution in [0, 0.1) is 5.92 Å². The van der Waals surface area contributed by atoms with Crippen LogP contribution >= 0.6 is 0 Å². The average Bonchev–Trinajstić information content (AvgIpc) is 2.53. The lowest BCUT2D eigenvalue weighted by Crippen LogP contribution is -2.20. The number of hydrogen-bond acceptors (Lipinski definition) is 2. The molecule has 0 aliphatic rings. The summed E-state index contributed by atoms with van der Waals surface area (Å²) in [5, 5.41) is 9.67. The Labute approximate surface area is 134 Å². The quantitative estimate of drug-likeness (QED) is 0.503. The molecule has 0 amide bonds. The summed E-state index contributed by atoms with van der Waals surface area (Å²) in [7, 11) is 0. The molecule has 22 heavy (non-hydrogen) atoms. The number of allylic oxidation sites excluding steroid dienone is 2. The standard InChI is InChI=1S/C20H28O2/c1-5-20(21)14-13-19(12-11-16(2)3)17(4)22-15-18-9-7-6-8-10-18/h5-12,17,19-21H,1-2,13-15H2,3-4H3/b12-11+/t17-,19-,20+/m1/s1. The van der Waals surface area contributed by atoms with E-state index < -0.39 is 6.10 Å². The van der Waals surface area contributed by atoms with Gasteiger partial charge in [0, 0.05) is 5.92 Å². The van der Waals surface area contributed by atoms with E-state index >= 15 is 0 Å². The van der Waals surface area contributed by atoms with Crippen molar-refractivity contribution in [2.45, 2.75) is 45.5 Å². The third-order valence-corrected chi connectivity index (χ3v) is 3.65. The van der Waals surface area contributed by atoms with E-state index in [9.17, 15) is 5.11 Å². The third-order valence-electron chi connectivity index (χ3n) is 3.65. The van der Waals surface area contributed by atoms with E-state index in [2.05, 4.69) is 38.3 Å². The third kappa shape index (κ3) is 7.39. The molecule has 0 saturated carbocycles. The van der Waals surface area contributed by atoms with Crippen molar-refractivity contribution in [3.8, 4) is 0 Å². The second-order valence-electron chi connectivity index (χ2n) is 5.75. The van der Waals surface area contributed by atoms with Gasteiger partial charge >= 0.3 is 0 Å². The molecule has 1 aromatic carbocycles. The van der Waals surface area contributed by atoms with Gasteiger partial charge in [-0.2, -0.15) is 0 Å². The van der Waals surface area contributed by atoms with Gasteiger partial charge in [0.15, 0.2) is 0 Å². The molecular formula is C20H28O2. The Kier molecular flexibility index (Phi) is 8.49. The van der Waals surface area contributed by atoms with Crippen LogP contribution in [0.4, 0.5) is 0 Å². The predicted molar refractivity (Wildman–Crippen MR) is 93.6 cm³/mol. The van der Waals surface area contributed by atoms with Gasteiger partial charge < -0.3 is 9.84 Å². The molecule has 1 N–H and O–H groups in total. The van der Waals surface area contributed by atoms with E-state index in [0.717, 1.165) is 12.0 Å². The van der Waals surface area contributed by atoms with E-state index in [1.807, 2.05) is 31.2 Å². The van der Waals surface area contributed by atoms with Crippen LogP contribution in [-0.2, 0) is 11.3 Å². The molecule has 0 aliphatic carbocycles. The second-order valence-corrected chi connectivity index (χ2v) is 5.75. The SMILES string of the molecule is C=C[C@H](O)CC[C@@H](/C=C/C(=C)C)[C@@H](C)OCc1ccccc1. The lowest BCUT2D eigenvalue weighted by molar-refractivity contribution is 0.0213. The van der Waals surface area contributed by atoms with Crippen LogP contribution in [0.5, 0.6) is 0 Å². The number of rotatable bonds is 10. The number of benzene rings is 1. The summed E-state index contributed by atoms with van der Waals surface area (Å²) in [5.41, 5.74) is 2.19. The lowest BCUT2D eigenvalue weighted by Gasteiger charge is -2.22. The van der Waals surface area contributed by atoms with Gasteiger partial charge in [0.2, 0.25) is 0 Å². The summed E-state index contributed by atoms with van der Waals surface area (Å²) in [4.78, 5) is 0. The maximum atomic E-state index is 9.67. The van der Waals surface area contributed by atoms with Crippen LogP contribution in [0.15, 0.2) is 67.3 Å². The van der Waals surface area contributed by atoms with Crippen LogP contribution in [0.3, 0.4) is 0 Å². The Bertz CT molecular complexity index is 476. The summed E-state index contributed by atoms with van der Waals surface area (Å²) < 4.78 is 6.00. The van der Waals surface area contributed by atoms with Crippen LogP contribution in [0.25, 0.3) is 0 Å². The highest BCUT2D eigenvalue weighted by molar-refractivity contribution is 5.14. The first-order valence-electron chi connectivity index (χ1n) is 7.82. The van der Waals surface area contributed by atoms with Crippen LogP contribution < -0.4 is 0 Å². The van der Waals surface area contributed by atoms with Crippen molar-refractivity contribution in [1.82, 2.24) is 0 Å². The number of aliphatic hydroxyl groups excluding tert-OH is 1. The van der Waals surface area contributed by atoms with Gasteiger partial charge in [-0.25, -0.2) is 0 Å². The number of aliphatic hydroxyl groups is 1. The van der Waals surface area contributed by atoms with Gasteiger partial charge in [0.1, 0.15) is 0 Å². The Balaban J connectivity index is 2.59. The van der Waals surface area contributed by atoms with Crippen molar-refractivity contribution in [2.75, 3.05) is 0 Å². The monoisotopic (exact) mass is 300 g/mol. The molecule has 0 spiro atoms. The Morgan fingerprint density at radius 3 is 2.55 bits per heavy atom. The van der Waals surface area contributed by atoms with Gasteiger partial charge in [0.05, 0.1) is 18.8 Å².